The summed E-state index contributed by atoms with van der Waals surface area (Å²) in [4.78, 5) is 29.6. The minimum Gasteiger partial charge on any atom is -0.419 e. The molecule has 0 N–H and O–H groups in total. The molecule has 0 aliphatic carbocycles. The SMILES string of the molecule is Cc1c(C(=O)Oc2c(Cl)cc(Cl)cc2Cl)sc2ncn(C)c(=O)c12. The molecule has 0 fully saturated rings. The first-order chi connectivity index (χ1) is 11.3. The summed E-state index contributed by atoms with van der Waals surface area (Å²) in [6.07, 6.45) is 1.41. The van der Waals surface area contributed by atoms with E-state index in [4.69, 9.17) is 39.5 Å². The first-order valence-electron chi connectivity index (χ1n) is 6.61. The van der Waals surface area contributed by atoms with E-state index < -0.39 is 5.97 Å². The smallest absolute Gasteiger partial charge is 0.354 e. The van der Waals surface area contributed by atoms with Crippen LogP contribution in [0.3, 0.4) is 0 Å². The molecule has 24 heavy (non-hydrogen) atoms. The van der Waals surface area contributed by atoms with E-state index in [2.05, 4.69) is 4.98 Å². The van der Waals surface area contributed by atoms with Gasteiger partial charge in [-0.3, -0.25) is 4.79 Å². The second-order valence-corrected chi connectivity index (χ2v) is 7.23. The number of carbonyl (C=O) groups excluding carboxylic acids is 1. The standard InChI is InChI=1S/C15H9Cl3N2O3S/c1-6-10-13(19-5-20(2)14(10)21)24-12(6)15(22)23-11-8(17)3-7(16)4-9(11)18/h3-5H,1-2H3. The topological polar surface area (TPSA) is 61.2 Å². The van der Waals surface area contributed by atoms with Crippen molar-refractivity contribution < 1.29 is 9.53 Å². The summed E-state index contributed by atoms with van der Waals surface area (Å²) in [7, 11) is 1.59. The third kappa shape index (κ3) is 2.91. The molecular formula is C15H9Cl3N2O3S. The zero-order chi connectivity index (χ0) is 17.6. The third-order valence-electron chi connectivity index (χ3n) is 3.35. The number of halogens is 3. The van der Waals surface area contributed by atoms with E-state index in [0.717, 1.165) is 11.3 Å². The Morgan fingerprint density at radius 3 is 2.50 bits per heavy atom. The normalized spacial score (nSPS) is 11.0. The van der Waals surface area contributed by atoms with Crippen molar-refractivity contribution in [3.63, 3.8) is 0 Å². The lowest BCUT2D eigenvalue weighted by Crippen LogP contribution is -2.17. The van der Waals surface area contributed by atoms with Crippen LogP contribution in [0.1, 0.15) is 15.2 Å². The maximum Gasteiger partial charge on any atom is 0.354 e. The van der Waals surface area contributed by atoms with E-state index in [1.165, 1.54) is 23.0 Å². The van der Waals surface area contributed by atoms with E-state index >= 15 is 0 Å². The average Bonchev–Trinajstić information content (AvgIpc) is 2.84. The van der Waals surface area contributed by atoms with E-state index in [1.54, 1.807) is 14.0 Å². The van der Waals surface area contributed by atoms with Crippen molar-refractivity contribution in [1.29, 1.82) is 0 Å². The zero-order valence-corrected chi connectivity index (χ0v) is 15.5. The molecule has 1 aromatic carbocycles. The summed E-state index contributed by atoms with van der Waals surface area (Å²) >= 11 is 19.0. The van der Waals surface area contributed by atoms with Gasteiger partial charge in [0.05, 0.1) is 21.8 Å². The van der Waals surface area contributed by atoms with Crippen LogP contribution in [0.4, 0.5) is 0 Å². The molecule has 0 amide bonds. The number of nitrogens with zero attached hydrogens (tertiary/aromatic N) is 2. The van der Waals surface area contributed by atoms with Gasteiger partial charge in [-0.25, -0.2) is 9.78 Å². The minimum atomic E-state index is -0.663. The highest BCUT2D eigenvalue weighted by Crippen LogP contribution is 2.37. The number of ether oxygens (including phenoxy) is 1. The Kier molecular flexibility index (Phi) is 4.57. The monoisotopic (exact) mass is 402 g/mol. The second-order valence-electron chi connectivity index (χ2n) is 4.99. The molecule has 0 unspecified atom stereocenters. The first-order valence-corrected chi connectivity index (χ1v) is 8.56. The largest absolute Gasteiger partial charge is 0.419 e. The Hall–Kier alpha value is -1.60. The van der Waals surface area contributed by atoms with Crippen molar-refractivity contribution in [3.05, 3.63) is 54.3 Å². The van der Waals surface area contributed by atoms with E-state index in [9.17, 15) is 9.59 Å². The van der Waals surface area contributed by atoms with Crippen molar-refractivity contribution in [3.8, 4) is 5.75 Å². The number of benzene rings is 1. The molecule has 0 aliphatic rings. The second kappa shape index (κ2) is 6.37. The Morgan fingerprint density at radius 2 is 1.88 bits per heavy atom. The number of fused-ring (bicyclic) bond motifs is 1. The highest BCUT2D eigenvalue weighted by Gasteiger charge is 2.22. The third-order valence-corrected chi connectivity index (χ3v) is 5.31. The molecule has 124 valence electrons. The van der Waals surface area contributed by atoms with E-state index in [1.807, 2.05) is 0 Å². The average molecular weight is 404 g/mol. The Bertz CT molecular complexity index is 1020. The Labute approximate surface area is 155 Å². The summed E-state index contributed by atoms with van der Waals surface area (Å²) in [6, 6.07) is 2.85. The summed E-state index contributed by atoms with van der Waals surface area (Å²) in [5.74, 6) is -0.644. The molecule has 0 atom stereocenters. The molecule has 0 saturated carbocycles. The van der Waals surface area contributed by atoms with Crippen LogP contribution in [-0.2, 0) is 7.05 Å². The van der Waals surface area contributed by atoms with Gasteiger partial charge in [-0.05, 0) is 24.6 Å². The molecule has 5 nitrogen and oxygen atoms in total. The fraction of sp³-hybridized carbons (Fsp3) is 0.133. The molecular weight excluding hydrogens is 395 g/mol. The minimum absolute atomic E-state index is 0.0189. The quantitative estimate of drug-likeness (QED) is 0.467. The molecule has 2 aromatic heterocycles. The molecule has 3 rings (SSSR count). The number of aromatic nitrogens is 2. The van der Waals surface area contributed by atoms with Crippen LogP contribution >= 0.6 is 46.1 Å². The van der Waals surface area contributed by atoms with Crippen LogP contribution in [0.25, 0.3) is 10.2 Å². The molecule has 0 radical (unpaired) electrons. The fourth-order valence-electron chi connectivity index (χ4n) is 2.17. The highest BCUT2D eigenvalue weighted by atomic mass is 35.5. The van der Waals surface area contributed by atoms with Gasteiger partial charge in [0, 0.05) is 12.1 Å². The molecule has 2 heterocycles. The number of esters is 1. The number of hydrogen-bond donors (Lipinski definition) is 0. The lowest BCUT2D eigenvalue weighted by molar-refractivity contribution is 0.0739. The predicted octanol–water partition coefficient (Wildman–Crippen LogP) is 4.48. The number of hydrogen-bond acceptors (Lipinski definition) is 5. The highest BCUT2D eigenvalue weighted by molar-refractivity contribution is 7.20. The number of thiophene rings is 1. The molecule has 0 bridgehead atoms. The van der Waals surface area contributed by atoms with Gasteiger partial charge in [-0.2, -0.15) is 0 Å². The molecule has 3 aromatic rings. The number of carbonyl (C=O) groups is 1. The Balaban J connectivity index is 2.06. The van der Waals surface area contributed by atoms with Gasteiger partial charge in [0.15, 0.2) is 5.75 Å². The van der Waals surface area contributed by atoms with Gasteiger partial charge in [-0.1, -0.05) is 34.8 Å². The van der Waals surface area contributed by atoms with Crippen molar-refractivity contribution in [1.82, 2.24) is 9.55 Å². The summed E-state index contributed by atoms with van der Waals surface area (Å²) in [5.41, 5.74) is 0.283. The van der Waals surface area contributed by atoms with Gasteiger partial charge in [0.25, 0.3) is 5.56 Å². The van der Waals surface area contributed by atoms with Gasteiger partial charge >= 0.3 is 5.97 Å². The molecule has 0 saturated heterocycles. The fourth-order valence-corrected chi connectivity index (χ4v) is 4.08. The van der Waals surface area contributed by atoms with Crippen molar-refractivity contribution in [2.24, 2.45) is 7.05 Å². The van der Waals surface area contributed by atoms with Gasteiger partial charge in [0.2, 0.25) is 0 Å². The first kappa shape index (κ1) is 17.2. The van der Waals surface area contributed by atoms with Gasteiger partial charge < -0.3 is 9.30 Å². The van der Waals surface area contributed by atoms with Crippen LogP contribution in [0.2, 0.25) is 15.1 Å². The molecule has 0 spiro atoms. The lowest BCUT2D eigenvalue weighted by atomic mass is 10.2. The summed E-state index contributed by atoms with van der Waals surface area (Å²) < 4.78 is 6.66. The number of aryl methyl sites for hydroxylation is 2. The molecule has 0 aliphatic heterocycles. The van der Waals surface area contributed by atoms with Crippen LogP contribution in [0.5, 0.6) is 5.75 Å². The van der Waals surface area contributed by atoms with Crippen LogP contribution < -0.4 is 10.3 Å². The predicted molar refractivity (Wildman–Crippen MR) is 96.0 cm³/mol. The lowest BCUT2D eigenvalue weighted by Gasteiger charge is -2.08. The number of rotatable bonds is 2. The maximum absolute atomic E-state index is 12.5. The summed E-state index contributed by atoms with van der Waals surface area (Å²) in [5, 5.41) is 0.961. The van der Waals surface area contributed by atoms with Crippen LogP contribution in [0, 0.1) is 6.92 Å². The maximum atomic E-state index is 12.5. The Morgan fingerprint density at radius 1 is 1.25 bits per heavy atom. The van der Waals surface area contributed by atoms with Crippen molar-refractivity contribution >= 4 is 62.3 Å². The molecule has 9 heteroatoms. The van der Waals surface area contributed by atoms with Crippen LogP contribution in [0.15, 0.2) is 23.3 Å². The van der Waals surface area contributed by atoms with Crippen molar-refractivity contribution in [2.45, 2.75) is 6.92 Å². The van der Waals surface area contributed by atoms with Gasteiger partial charge in [-0.15, -0.1) is 11.3 Å². The summed E-state index contributed by atoms with van der Waals surface area (Å²) in [6.45, 7) is 1.67. The zero-order valence-electron chi connectivity index (χ0n) is 12.4. The van der Waals surface area contributed by atoms with Gasteiger partial charge in [0.1, 0.15) is 9.71 Å². The van der Waals surface area contributed by atoms with E-state index in [0.29, 0.717) is 20.8 Å². The van der Waals surface area contributed by atoms with Crippen molar-refractivity contribution in [2.75, 3.05) is 0 Å². The van der Waals surface area contributed by atoms with Crippen LogP contribution in [-0.4, -0.2) is 15.5 Å². The van der Waals surface area contributed by atoms with E-state index in [-0.39, 0.29) is 26.2 Å².